The first-order valence-electron chi connectivity index (χ1n) is 9.27. The second-order valence-corrected chi connectivity index (χ2v) is 8.07. The molecule has 1 aromatic rings. The molecule has 0 heterocycles. The van der Waals surface area contributed by atoms with Crippen LogP contribution in [-0.4, -0.2) is 24.1 Å². The van der Waals surface area contributed by atoms with Crippen molar-refractivity contribution >= 4 is 35.1 Å². The van der Waals surface area contributed by atoms with E-state index < -0.39 is 17.5 Å². The van der Waals surface area contributed by atoms with Crippen LogP contribution in [-0.2, 0) is 25.5 Å². The molecule has 0 aromatic heterocycles. The standard InChI is InChI=1S/C20H24Cl2O4/c1-2-25-19(24)20(10-9-13-5-3-6-14(13)12-20)26-18(23)11-15-16(21)7-4-8-17(15)22/h4,7-8,13-14H,2-3,5-6,9-12H2,1H3. The fourth-order valence-corrected chi connectivity index (χ4v) is 4.92. The molecule has 0 amide bonds. The largest absolute Gasteiger partial charge is 0.463 e. The summed E-state index contributed by atoms with van der Waals surface area (Å²) in [5, 5.41) is 0.832. The highest BCUT2D eigenvalue weighted by Crippen LogP contribution is 2.47. The minimum atomic E-state index is -1.17. The number of rotatable bonds is 5. The van der Waals surface area contributed by atoms with Crippen molar-refractivity contribution in [3.05, 3.63) is 33.8 Å². The predicted molar refractivity (Wildman–Crippen MR) is 100 cm³/mol. The number of hydrogen-bond acceptors (Lipinski definition) is 4. The Hall–Kier alpha value is -1.26. The molecule has 0 aliphatic heterocycles. The van der Waals surface area contributed by atoms with Gasteiger partial charge in [0.25, 0.3) is 0 Å². The van der Waals surface area contributed by atoms with Gasteiger partial charge in [0.05, 0.1) is 13.0 Å². The molecule has 3 rings (SSSR count). The number of carbonyl (C=O) groups is 2. The maximum Gasteiger partial charge on any atom is 0.350 e. The zero-order chi connectivity index (χ0) is 18.7. The lowest BCUT2D eigenvalue weighted by molar-refractivity contribution is -0.189. The molecule has 2 aliphatic rings. The van der Waals surface area contributed by atoms with Gasteiger partial charge in [-0.15, -0.1) is 0 Å². The van der Waals surface area contributed by atoms with Gasteiger partial charge in [-0.25, -0.2) is 4.79 Å². The summed E-state index contributed by atoms with van der Waals surface area (Å²) < 4.78 is 11.0. The summed E-state index contributed by atoms with van der Waals surface area (Å²) in [4.78, 5) is 25.3. The van der Waals surface area contributed by atoms with Gasteiger partial charge in [0.1, 0.15) is 0 Å². The van der Waals surface area contributed by atoms with E-state index in [9.17, 15) is 9.59 Å². The first kappa shape index (κ1) is 19.5. The van der Waals surface area contributed by atoms with Crippen molar-refractivity contribution in [3.63, 3.8) is 0 Å². The predicted octanol–water partition coefficient (Wildman–Crippen LogP) is 4.98. The molecule has 0 bridgehead atoms. The Kier molecular flexibility index (Phi) is 6.13. The van der Waals surface area contributed by atoms with Crippen LogP contribution in [0.5, 0.6) is 0 Å². The number of fused-ring (bicyclic) bond motifs is 1. The molecule has 0 spiro atoms. The summed E-state index contributed by atoms with van der Waals surface area (Å²) >= 11 is 12.3. The molecule has 142 valence electrons. The monoisotopic (exact) mass is 398 g/mol. The van der Waals surface area contributed by atoms with Crippen molar-refractivity contribution in [3.8, 4) is 0 Å². The zero-order valence-electron chi connectivity index (χ0n) is 14.9. The topological polar surface area (TPSA) is 52.6 Å². The van der Waals surface area contributed by atoms with Gasteiger partial charge in [-0.1, -0.05) is 48.5 Å². The van der Waals surface area contributed by atoms with E-state index in [-0.39, 0.29) is 13.0 Å². The molecule has 1 aromatic carbocycles. The van der Waals surface area contributed by atoms with Crippen molar-refractivity contribution in [2.45, 2.75) is 57.5 Å². The summed E-state index contributed by atoms with van der Waals surface area (Å²) in [6.07, 6.45) is 5.37. The van der Waals surface area contributed by atoms with Crippen molar-refractivity contribution < 1.29 is 19.1 Å². The highest BCUT2D eigenvalue weighted by atomic mass is 35.5. The minimum absolute atomic E-state index is 0.0617. The molecule has 2 aliphatic carbocycles. The number of carbonyl (C=O) groups excluding carboxylic acids is 2. The Morgan fingerprint density at radius 2 is 1.85 bits per heavy atom. The third-order valence-corrected chi connectivity index (χ3v) is 6.38. The van der Waals surface area contributed by atoms with Crippen LogP contribution in [0.2, 0.25) is 10.0 Å². The summed E-state index contributed by atoms with van der Waals surface area (Å²) in [7, 11) is 0. The smallest absolute Gasteiger partial charge is 0.350 e. The zero-order valence-corrected chi connectivity index (χ0v) is 16.4. The Bertz CT molecular complexity index is 670. The maximum absolute atomic E-state index is 12.7. The molecule has 26 heavy (non-hydrogen) atoms. The van der Waals surface area contributed by atoms with Crippen LogP contribution in [0.1, 0.15) is 51.0 Å². The molecule has 0 N–H and O–H groups in total. The van der Waals surface area contributed by atoms with Gasteiger partial charge in [0.2, 0.25) is 5.60 Å². The summed E-state index contributed by atoms with van der Waals surface area (Å²) in [6.45, 7) is 2.03. The van der Waals surface area contributed by atoms with E-state index in [1.165, 1.54) is 12.8 Å². The molecule has 3 unspecified atom stereocenters. The van der Waals surface area contributed by atoms with E-state index in [1.54, 1.807) is 25.1 Å². The van der Waals surface area contributed by atoms with E-state index in [1.807, 2.05) is 0 Å². The Labute approximate surface area is 164 Å². The number of benzene rings is 1. The maximum atomic E-state index is 12.7. The summed E-state index contributed by atoms with van der Waals surface area (Å²) in [6, 6.07) is 5.09. The number of ether oxygens (including phenoxy) is 2. The lowest BCUT2D eigenvalue weighted by Crippen LogP contribution is -2.49. The highest BCUT2D eigenvalue weighted by Gasteiger charge is 2.51. The quantitative estimate of drug-likeness (QED) is 0.656. The fourth-order valence-electron chi connectivity index (χ4n) is 4.39. The van der Waals surface area contributed by atoms with Crippen LogP contribution >= 0.6 is 23.2 Å². The van der Waals surface area contributed by atoms with Crippen molar-refractivity contribution in [1.29, 1.82) is 0 Å². The van der Waals surface area contributed by atoms with Gasteiger partial charge in [0, 0.05) is 22.0 Å². The summed E-state index contributed by atoms with van der Waals surface area (Å²) in [5.74, 6) is 0.132. The van der Waals surface area contributed by atoms with E-state index >= 15 is 0 Å². The van der Waals surface area contributed by atoms with Crippen molar-refractivity contribution in [2.75, 3.05) is 6.61 Å². The van der Waals surface area contributed by atoms with E-state index in [0.29, 0.717) is 40.3 Å². The van der Waals surface area contributed by atoms with Crippen LogP contribution in [0.3, 0.4) is 0 Å². The fraction of sp³-hybridized carbons (Fsp3) is 0.600. The molecule has 0 saturated heterocycles. The molecule has 6 heteroatoms. The third-order valence-electron chi connectivity index (χ3n) is 5.67. The number of halogens is 2. The molecule has 4 nitrogen and oxygen atoms in total. The molecule has 3 atom stereocenters. The van der Waals surface area contributed by atoms with Gasteiger partial charge in [0.15, 0.2) is 0 Å². The van der Waals surface area contributed by atoms with Crippen molar-refractivity contribution in [1.82, 2.24) is 0 Å². The Morgan fingerprint density at radius 1 is 1.15 bits per heavy atom. The third kappa shape index (κ3) is 4.01. The van der Waals surface area contributed by atoms with Crippen LogP contribution in [0.4, 0.5) is 0 Å². The average Bonchev–Trinajstić information content (AvgIpc) is 3.06. The number of esters is 2. The van der Waals surface area contributed by atoms with Gasteiger partial charge in [-0.05, 0) is 43.7 Å². The lowest BCUT2D eigenvalue weighted by atomic mass is 9.73. The minimum Gasteiger partial charge on any atom is -0.463 e. The molecular weight excluding hydrogens is 375 g/mol. The van der Waals surface area contributed by atoms with Crippen LogP contribution < -0.4 is 0 Å². The highest BCUT2D eigenvalue weighted by molar-refractivity contribution is 6.36. The van der Waals surface area contributed by atoms with E-state index in [2.05, 4.69) is 0 Å². The van der Waals surface area contributed by atoms with Gasteiger partial charge >= 0.3 is 11.9 Å². The Morgan fingerprint density at radius 3 is 2.54 bits per heavy atom. The SMILES string of the molecule is CCOC(=O)C1(OC(=O)Cc2c(Cl)cccc2Cl)CCC2CCCC2C1. The lowest BCUT2D eigenvalue weighted by Gasteiger charge is -2.39. The van der Waals surface area contributed by atoms with Crippen LogP contribution in [0.25, 0.3) is 0 Å². The van der Waals surface area contributed by atoms with Gasteiger partial charge in [-0.2, -0.15) is 0 Å². The summed E-state index contributed by atoms with van der Waals surface area (Å²) in [5.41, 5.74) is -0.652. The van der Waals surface area contributed by atoms with Crippen LogP contribution in [0.15, 0.2) is 18.2 Å². The second-order valence-electron chi connectivity index (χ2n) is 7.26. The first-order valence-corrected chi connectivity index (χ1v) is 10.0. The van der Waals surface area contributed by atoms with E-state index in [0.717, 1.165) is 12.8 Å². The van der Waals surface area contributed by atoms with E-state index in [4.69, 9.17) is 32.7 Å². The number of hydrogen-bond donors (Lipinski definition) is 0. The molecule has 0 radical (unpaired) electrons. The van der Waals surface area contributed by atoms with Gasteiger partial charge in [-0.3, -0.25) is 4.79 Å². The average molecular weight is 399 g/mol. The first-order chi connectivity index (χ1) is 12.4. The second kappa shape index (κ2) is 8.18. The Balaban J connectivity index is 1.77. The molecule has 2 fully saturated rings. The van der Waals surface area contributed by atoms with Gasteiger partial charge < -0.3 is 9.47 Å². The molecular formula is C20H24Cl2O4. The normalized spacial score (nSPS) is 27.7. The molecule has 2 saturated carbocycles. The van der Waals surface area contributed by atoms with Crippen molar-refractivity contribution in [2.24, 2.45) is 11.8 Å². The van der Waals surface area contributed by atoms with Crippen LogP contribution in [0, 0.1) is 11.8 Å².